The Balaban J connectivity index is 2.16. The number of ether oxygens (including phenoxy) is 1. The number of hydrogen-bond acceptors (Lipinski definition) is 3. The number of aromatic nitrogens is 2. The summed E-state index contributed by atoms with van der Waals surface area (Å²) in [6.45, 7) is 4.83. The number of methoxy groups -OCH3 is 1. The highest BCUT2D eigenvalue weighted by molar-refractivity contribution is 5.89. The number of rotatable bonds is 5. The van der Waals surface area contributed by atoms with Gasteiger partial charge in [0, 0.05) is 19.3 Å². The van der Waals surface area contributed by atoms with Gasteiger partial charge in [0.15, 0.2) is 5.78 Å². The summed E-state index contributed by atoms with van der Waals surface area (Å²) in [7, 11) is 1.69. The average Bonchev–Trinajstić information content (AvgIpc) is 2.66. The van der Waals surface area contributed by atoms with E-state index in [1.54, 1.807) is 7.11 Å². The summed E-state index contributed by atoms with van der Waals surface area (Å²) in [6.07, 6.45) is 6.76. The molecule has 0 N–H and O–H groups in total. The zero-order valence-corrected chi connectivity index (χ0v) is 12.9. The van der Waals surface area contributed by atoms with Gasteiger partial charge in [0.05, 0.1) is 12.1 Å². The summed E-state index contributed by atoms with van der Waals surface area (Å²) >= 11 is 0. The van der Waals surface area contributed by atoms with Crippen molar-refractivity contribution >= 4 is 5.78 Å². The molecular weight excluding hydrogens is 252 g/mol. The van der Waals surface area contributed by atoms with E-state index in [0.29, 0.717) is 6.42 Å². The molecule has 4 heteroatoms. The summed E-state index contributed by atoms with van der Waals surface area (Å²) in [6, 6.07) is 2.02. The lowest BCUT2D eigenvalue weighted by Crippen LogP contribution is -2.41. The smallest absolute Gasteiger partial charge is 0.170 e. The number of Topliss-reactive ketones (excluding diaryl/α,β-unsaturated/α-hetero) is 1. The van der Waals surface area contributed by atoms with Gasteiger partial charge in [-0.3, -0.25) is 9.48 Å². The van der Waals surface area contributed by atoms with E-state index in [0.717, 1.165) is 43.6 Å². The van der Waals surface area contributed by atoms with Gasteiger partial charge in [-0.05, 0) is 32.8 Å². The second-order valence-corrected chi connectivity index (χ2v) is 5.81. The fraction of sp³-hybridized carbons (Fsp3) is 0.750. The second-order valence-electron chi connectivity index (χ2n) is 5.81. The Morgan fingerprint density at radius 3 is 2.55 bits per heavy atom. The zero-order valence-electron chi connectivity index (χ0n) is 12.9. The molecule has 4 nitrogen and oxygen atoms in total. The van der Waals surface area contributed by atoms with E-state index in [1.807, 2.05) is 17.7 Å². The molecule has 0 aliphatic heterocycles. The zero-order chi connectivity index (χ0) is 14.6. The molecule has 1 aromatic heterocycles. The Morgan fingerprint density at radius 2 is 2.00 bits per heavy atom. The molecule has 1 aliphatic rings. The third-order valence-electron chi connectivity index (χ3n) is 4.44. The lowest BCUT2D eigenvalue weighted by Gasteiger charge is -2.29. The first-order chi connectivity index (χ1) is 9.61. The highest BCUT2D eigenvalue weighted by Crippen LogP contribution is 2.32. The number of carbonyl (C=O) groups is 1. The van der Waals surface area contributed by atoms with Crippen LogP contribution in [0.3, 0.4) is 0 Å². The molecule has 1 aromatic rings. The quantitative estimate of drug-likeness (QED) is 0.778. The van der Waals surface area contributed by atoms with Crippen molar-refractivity contribution in [3.05, 3.63) is 17.5 Å². The number of ketones is 1. The van der Waals surface area contributed by atoms with Gasteiger partial charge in [0.1, 0.15) is 5.60 Å². The number of carbonyl (C=O) groups excluding carboxylic acids is 1. The molecule has 1 heterocycles. The van der Waals surface area contributed by atoms with Crippen LogP contribution >= 0.6 is 0 Å². The van der Waals surface area contributed by atoms with Crippen LogP contribution < -0.4 is 0 Å². The maximum Gasteiger partial charge on any atom is 0.170 e. The SMILES string of the molecule is CCn1nc(C)cc1CC(=O)C1(OC)CCCCCC1. The van der Waals surface area contributed by atoms with Gasteiger partial charge in [-0.15, -0.1) is 0 Å². The Hall–Kier alpha value is -1.16. The van der Waals surface area contributed by atoms with Gasteiger partial charge in [0.2, 0.25) is 0 Å². The Kier molecular flexibility index (Phi) is 4.97. The number of aryl methyl sites for hydroxylation is 2. The molecule has 0 bridgehead atoms. The van der Waals surface area contributed by atoms with Gasteiger partial charge in [-0.25, -0.2) is 0 Å². The van der Waals surface area contributed by atoms with Crippen molar-refractivity contribution in [2.45, 2.75) is 70.9 Å². The molecular formula is C16H26N2O2. The molecule has 0 atom stereocenters. The summed E-state index contributed by atoms with van der Waals surface area (Å²) in [5, 5.41) is 4.42. The van der Waals surface area contributed by atoms with Crippen molar-refractivity contribution in [1.82, 2.24) is 9.78 Å². The van der Waals surface area contributed by atoms with E-state index in [9.17, 15) is 4.79 Å². The van der Waals surface area contributed by atoms with E-state index < -0.39 is 5.60 Å². The van der Waals surface area contributed by atoms with E-state index >= 15 is 0 Å². The predicted molar refractivity (Wildman–Crippen MR) is 78.8 cm³/mol. The molecule has 0 spiro atoms. The molecule has 2 rings (SSSR count). The summed E-state index contributed by atoms with van der Waals surface area (Å²) in [5.41, 5.74) is 1.42. The van der Waals surface area contributed by atoms with Gasteiger partial charge in [-0.2, -0.15) is 5.10 Å². The number of hydrogen-bond donors (Lipinski definition) is 0. The largest absolute Gasteiger partial charge is 0.370 e. The van der Waals surface area contributed by atoms with Crippen molar-refractivity contribution in [2.24, 2.45) is 0 Å². The fourth-order valence-corrected chi connectivity index (χ4v) is 3.24. The van der Waals surface area contributed by atoms with Gasteiger partial charge < -0.3 is 4.74 Å². The Morgan fingerprint density at radius 1 is 1.35 bits per heavy atom. The van der Waals surface area contributed by atoms with Crippen LogP contribution in [0.2, 0.25) is 0 Å². The second kappa shape index (κ2) is 6.53. The van der Waals surface area contributed by atoms with Crippen LogP contribution in [0.5, 0.6) is 0 Å². The van der Waals surface area contributed by atoms with E-state index in [1.165, 1.54) is 12.8 Å². The van der Waals surface area contributed by atoms with Crippen molar-refractivity contribution in [2.75, 3.05) is 7.11 Å². The first kappa shape index (κ1) is 15.2. The number of nitrogens with zero attached hydrogens (tertiary/aromatic N) is 2. The minimum Gasteiger partial charge on any atom is -0.370 e. The topological polar surface area (TPSA) is 44.1 Å². The van der Waals surface area contributed by atoms with Crippen LogP contribution in [0, 0.1) is 6.92 Å². The Bertz CT molecular complexity index is 457. The average molecular weight is 278 g/mol. The fourth-order valence-electron chi connectivity index (χ4n) is 3.24. The lowest BCUT2D eigenvalue weighted by molar-refractivity contribution is -0.142. The molecule has 1 fully saturated rings. The molecule has 1 saturated carbocycles. The van der Waals surface area contributed by atoms with Gasteiger partial charge >= 0.3 is 0 Å². The molecule has 0 amide bonds. The summed E-state index contributed by atoms with van der Waals surface area (Å²) in [4.78, 5) is 12.8. The molecule has 20 heavy (non-hydrogen) atoms. The van der Waals surface area contributed by atoms with Crippen LogP contribution in [0.4, 0.5) is 0 Å². The van der Waals surface area contributed by atoms with Crippen LogP contribution in [0.1, 0.15) is 56.8 Å². The van der Waals surface area contributed by atoms with Crippen molar-refractivity contribution in [3.8, 4) is 0 Å². The van der Waals surface area contributed by atoms with Crippen molar-refractivity contribution in [1.29, 1.82) is 0 Å². The normalized spacial score (nSPS) is 18.8. The molecule has 0 saturated heterocycles. The minimum absolute atomic E-state index is 0.219. The van der Waals surface area contributed by atoms with E-state index in [2.05, 4.69) is 12.0 Å². The predicted octanol–water partition coefficient (Wildman–Crippen LogP) is 3.06. The highest BCUT2D eigenvalue weighted by atomic mass is 16.5. The minimum atomic E-state index is -0.562. The Labute approximate surface area is 121 Å². The molecule has 1 aliphatic carbocycles. The van der Waals surface area contributed by atoms with Gasteiger partial charge in [-0.1, -0.05) is 25.7 Å². The monoisotopic (exact) mass is 278 g/mol. The first-order valence-electron chi connectivity index (χ1n) is 7.73. The molecule has 112 valence electrons. The standard InChI is InChI=1S/C16H26N2O2/c1-4-18-14(11-13(2)17-18)12-15(19)16(20-3)9-7-5-6-8-10-16/h11H,4-10,12H2,1-3H3. The van der Waals surface area contributed by atoms with Crippen LogP contribution in [0.25, 0.3) is 0 Å². The lowest BCUT2D eigenvalue weighted by atomic mass is 9.87. The van der Waals surface area contributed by atoms with Crippen LogP contribution in [0.15, 0.2) is 6.07 Å². The summed E-state index contributed by atoms with van der Waals surface area (Å²) in [5.74, 6) is 0.219. The third kappa shape index (κ3) is 3.11. The molecule has 0 radical (unpaired) electrons. The molecule has 0 aromatic carbocycles. The van der Waals surface area contributed by atoms with E-state index in [4.69, 9.17) is 4.74 Å². The van der Waals surface area contributed by atoms with Gasteiger partial charge in [0.25, 0.3) is 0 Å². The van der Waals surface area contributed by atoms with E-state index in [-0.39, 0.29) is 5.78 Å². The first-order valence-corrected chi connectivity index (χ1v) is 7.73. The van der Waals surface area contributed by atoms with Crippen molar-refractivity contribution in [3.63, 3.8) is 0 Å². The maximum absolute atomic E-state index is 12.8. The van der Waals surface area contributed by atoms with Crippen molar-refractivity contribution < 1.29 is 9.53 Å². The third-order valence-corrected chi connectivity index (χ3v) is 4.44. The van der Waals surface area contributed by atoms with Crippen LogP contribution in [-0.2, 0) is 22.5 Å². The summed E-state index contributed by atoms with van der Waals surface area (Å²) < 4.78 is 7.62. The highest BCUT2D eigenvalue weighted by Gasteiger charge is 2.38. The maximum atomic E-state index is 12.8. The van der Waals surface area contributed by atoms with Crippen LogP contribution in [-0.4, -0.2) is 28.3 Å². The molecule has 0 unspecified atom stereocenters.